The molecule has 1 atom stereocenters. The van der Waals surface area contributed by atoms with E-state index in [2.05, 4.69) is 25.4 Å². The molecule has 1 unspecified atom stereocenters. The first-order chi connectivity index (χ1) is 7.94. The molecule has 0 amide bonds. The average molecular weight is 274 g/mol. The first kappa shape index (κ1) is 14.8. The van der Waals surface area contributed by atoms with Gasteiger partial charge in [-0.25, -0.2) is 0 Å². The number of nitrogens with one attached hydrogen (secondary N) is 1. The van der Waals surface area contributed by atoms with Gasteiger partial charge in [-0.2, -0.15) is 11.8 Å². The number of thioether (sulfide) groups is 1. The van der Waals surface area contributed by atoms with Crippen LogP contribution in [0.1, 0.15) is 25.5 Å². The van der Waals surface area contributed by atoms with Gasteiger partial charge in [0, 0.05) is 22.9 Å². The van der Waals surface area contributed by atoms with Crippen molar-refractivity contribution < 1.29 is 5.11 Å². The summed E-state index contributed by atoms with van der Waals surface area (Å²) in [5, 5.41) is 13.9. The SMILES string of the molecule is CSC(C)(C)CNCC(O)c1ccc(Cl)cc1. The van der Waals surface area contributed by atoms with Crippen molar-refractivity contribution in [1.29, 1.82) is 0 Å². The van der Waals surface area contributed by atoms with Gasteiger partial charge in [0.15, 0.2) is 0 Å². The molecular weight excluding hydrogens is 254 g/mol. The first-order valence-electron chi connectivity index (χ1n) is 5.64. The van der Waals surface area contributed by atoms with E-state index >= 15 is 0 Å². The topological polar surface area (TPSA) is 32.3 Å². The van der Waals surface area contributed by atoms with E-state index < -0.39 is 6.10 Å². The van der Waals surface area contributed by atoms with Crippen LogP contribution in [0.25, 0.3) is 0 Å². The van der Waals surface area contributed by atoms with Crippen LogP contribution in [-0.2, 0) is 0 Å². The lowest BCUT2D eigenvalue weighted by Gasteiger charge is -2.23. The van der Waals surface area contributed by atoms with E-state index in [1.165, 1.54) is 0 Å². The van der Waals surface area contributed by atoms with Crippen molar-refractivity contribution in [3.63, 3.8) is 0 Å². The molecule has 96 valence electrons. The lowest BCUT2D eigenvalue weighted by molar-refractivity contribution is 0.174. The van der Waals surface area contributed by atoms with Crippen molar-refractivity contribution in [2.24, 2.45) is 0 Å². The van der Waals surface area contributed by atoms with Gasteiger partial charge in [-0.05, 0) is 37.8 Å². The summed E-state index contributed by atoms with van der Waals surface area (Å²) in [6.07, 6.45) is 1.61. The van der Waals surface area contributed by atoms with Crippen LogP contribution in [0.15, 0.2) is 24.3 Å². The van der Waals surface area contributed by atoms with Crippen LogP contribution in [0.5, 0.6) is 0 Å². The number of rotatable bonds is 6. The number of halogens is 1. The molecule has 2 nitrogen and oxygen atoms in total. The van der Waals surface area contributed by atoms with Crippen molar-refractivity contribution >= 4 is 23.4 Å². The third-order valence-electron chi connectivity index (χ3n) is 2.70. The second-order valence-electron chi connectivity index (χ2n) is 4.66. The highest BCUT2D eigenvalue weighted by atomic mass is 35.5. The maximum Gasteiger partial charge on any atom is 0.0914 e. The maximum atomic E-state index is 9.97. The number of aliphatic hydroxyl groups is 1. The Balaban J connectivity index is 2.40. The molecule has 1 aromatic rings. The highest BCUT2D eigenvalue weighted by molar-refractivity contribution is 7.99. The summed E-state index contributed by atoms with van der Waals surface area (Å²) in [5.74, 6) is 0. The molecule has 0 aliphatic heterocycles. The van der Waals surface area contributed by atoms with Gasteiger partial charge in [-0.15, -0.1) is 0 Å². The predicted octanol–water partition coefficient (Wildman–Crippen LogP) is 3.10. The second kappa shape index (κ2) is 6.64. The van der Waals surface area contributed by atoms with Crippen molar-refractivity contribution in [1.82, 2.24) is 5.32 Å². The molecule has 0 spiro atoms. The number of hydrogen-bond acceptors (Lipinski definition) is 3. The Labute approximate surface area is 113 Å². The van der Waals surface area contributed by atoms with Crippen molar-refractivity contribution in [3.05, 3.63) is 34.9 Å². The molecule has 0 saturated heterocycles. The van der Waals surface area contributed by atoms with Crippen LogP contribution in [0.4, 0.5) is 0 Å². The zero-order chi connectivity index (χ0) is 12.9. The lowest BCUT2D eigenvalue weighted by Crippen LogP contribution is -2.34. The van der Waals surface area contributed by atoms with Gasteiger partial charge in [0.25, 0.3) is 0 Å². The van der Waals surface area contributed by atoms with E-state index in [4.69, 9.17) is 11.6 Å². The fourth-order valence-electron chi connectivity index (χ4n) is 1.38. The van der Waals surface area contributed by atoms with Gasteiger partial charge in [0.1, 0.15) is 0 Å². The molecule has 0 fully saturated rings. The second-order valence-corrected chi connectivity index (χ2v) is 6.61. The predicted molar refractivity (Wildman–Crippen MR) is 76.9 cm³/mol. The van der Waals surface area contributed by atoms with E-state index in [0.29, 0.717) is 11.6 Å². The number of hydrogen-bond donors (Lipinski definition) is 2. The summed E-state index contributed by atoms with van der Waals surface area (Å²) in [7, 11) is 0. The van der Waals surface area contributed by atoms with E-state index in [9.17, 15) is 5.11 Å². The first-order valence-corrected chi connectivity index (χ1v) is 7.24. The van der Waals surface area contributed by atoms with Crippen molar-refractivity contribution in [2.45, 2.75) is 24.7 Å². The molecule has 0 aromatic heterocycles. The van der Waals surface area contributed by atoms with Gasteiger partial charge < -0.3 is 10.4 Å². The van der Waals surface area contributed by atoms with Gasteiger partial charge in [0.05, 0.1) is 6.10 Å². The largest absolute Gasteiger partial charge is 0.387 e. The van der Waals surface area contributed by atoms with Crippen LogP contribution in [0, 0.1) is 0 Å². The smallest absolute Gasteiger partial charge is 0.0914 e. The van der Waals surface area contributed by atoms with Crippen molar-refractivity contribution in [2.75, 3.05) is 19.3 Å². The van der Waals surface area contributed by atoms with Crippen molar-refractivity contribution in [3.8, 4) is 0 Å². The molecule has 1 rings (SSSR count). The Hall–Kier alpha value is -0.220. The molecule has 0 heterocycles. The molecule has 0 aliphatic rings. The zero-order valence-electron chi connectivity index (χ0n) is 10.5. The van der Waals surface area contributed by atoms with E-state index in [-0.39, 0.29) is 4.75 Å². The fourth-order valence-corrected chi connectivity index (χ4v) is 1.76. The zero-order valence-corrected chi connectivity index (χ0v) is 12.1. The van der Waals surface area contributed by atoms with Crippen LogP contribution in [0.2, 0.25) is 5.02 Å². The summed E-state index contributed by atoms with van der Waals surface area (Å²) in [4.78, 5) is 0. The van der Waals surface area contributed by atoms with E-state index in [1.807, 2.05) is 23.9 Å². The van der Waals surface area contributed by atoms with Gasteiger partial charge >= 0.3 is 0 Å². The van der Waals surface area contributed by atoms with E-state index in [0.717, 1.165) is 12.1 Å². The van der Waals surface area contributed by atoms with Crippen LogP contribution >= 0.6 is 23.4 Å². The molecule has 0 radical (unpaired) electrons. The van der Waals surface area contributed by atoms with Gasteiger partial charge in [-0.1, -0.05) is 23.7 Å². The van der Waals surface area contributed by atoms with E-state index in [1.54, 1.807) is 12.1 Å². The van der Waals surface area contributed by atoms with Crippen LogP contribution in [0.3, 0.4) is 0 Å². The highest BCUT2D eigenvalue weighted by Crippen LogP contribution is 2.20. The third kappa shape index (κ3) is 5.30. The number of benzene rings is 1. The third-order valence-corrected chi connectivity index (χ3v) is 4.20. The molecule has 2 N–H and O–H groups in total. The Morgan fingerprint density at radius 3 is 2.47 bits per heavy atom. The van der Waals surface area contributed by atoms with Crippen LogP contribution < -0.4 is 5.32 Å². The normalized spacial score (nSPS) is 13.7. The molecule has 0 aliphatic carbocycles. The highest BCUT2D eigenvalue weighted by Gasteiger charge is 2.16. The Morgan fingerprint density at radius 1 is 1.35 bits per heavy atom. The summed E-state index contributed by atoms with van der Waals surface area (Å²) in [6.45, 7) is 5.79. The minimum Gasteiger partial charge on any atom is -0.387 e. The quantitative estimate of drug-likeness (QED) is 0.835. The lowest BCUT2D eigenvalue weighted by atomic mass is 10.1. The minimum absolute atomic E-state index is 0.194. The minimum atomic E-state index is -0.482. The molecule has 1 aromatic carbocycles. The standard InChI is InChI=1S/C13H20ClNOS/c1-13(2,17-3)9-15-8-12(16)10-4-6-11(14)7-5-10/h4-7,12,15-16H,8-9H2,1-3H3. The Kier molecular flexibility index (Phi) is 5.80. The molecular formula is C13H20ClNOS. The summed E-state index contributed by atoms with van der Waals surface area (Å²) < 4.78 is 0.194. The molecule has 4 heteroatoms. The fraction of sp³-hybridized carbons (Fsp3) is 0.538. The summed E-state index contributed by atoms with van der Waals surface area (Å²) in [5.41, 5.74) is 0.892. The summed E-state index contributed by atoms with van der Waals surface area (Å²) >= 11 is 7.61. The molecule has 0 saturated carbocycles. The van der Waals surface area contributed by atoms with Crippen LogP contribution in [-0.4, -0.2) is 29.2 Å². The molecule has 17 heavy (non-hydrogen) atoms. The summed E-state index contributed by atoms with van der Waals surface area (Å²) in [6, 6.07) is 7.31. The monoisotopic (exact) mass is 273 g/mol. The van der Waals surface area contributed by atoms with Gasteiger partial charge in [-0.3, -0.25) is 0 Å². The Bertz CT molecular complexity index is 340. The van der Waals surface area contributed by atoms with Gasteiger partial charge in [0.2, 0.25) is 0 Å². The molecule has 0 bridgehead atoms. The maximum absolute atomic E-state index is 9.97. The Morgan fingerprint density at radius 2 is 1.94 bits per heavy atom. The number of aliphatic hydroxyl groups excluding tert-OH is 1. The average Bonchev–Trinajstić information content (AvgIpc) is 2.29.